The lowest BCUT2D eigenvalue weighted by Gasteiger charge is -1.99. The van der Waals surface area contributed by atoms with E-state index < -0.39 is 12.2 Å². The van der Waals surface area contributed by atoms with Gasteiger partial charge in [-0.05, 0) is 5.56 Å². The maximum Gasteiger partial charge on any atom is 0.411 e. The van der Waals surface area contributed by atoms with E-state index in [0.717, 1.165) is 5.56 Å². The average Bonchev–Trinajstić information content (AvgIpc) is 2.28. The number of carbonyl (C=O) groups is 3. The lowest BCUT2D eigenvalue weighted by molar-refractivity contribution is -0.108. The summed E-state index contributed by atoms with van der Waals surface area (Å²) in [5.74, 6) is 0. The van der Waals surface area contributed by atoms with Crippen LogP contribution >= 0.6 is 0 Å². The number of primary amides is 1. The van der Waals surface area contributed by atoms with Crippen LogP contribution in [0.25, 0.3) is 0 Å². The van der Waals surface area contributed by atoms with Gasteiger partial charge in [0.1, 0.15) is 6.61 Å². The molecule has 0 unspecified atom stereocenters. The molecule has 0 spiro atoms. The summed E-state index contributed by atoms with van der Waals surface area (Å²) < 4.78 is 4.57. The molecule has 0 fully saturated rings. The van der Waals surface area contributed by atoms with Gasteiger partial charge in [0.15, 0.2) is 0 Å². The molecule has 0 bridgehead atoms. The Morgan fingerprint density at radius 1 is 1.35 bits per heavy atom. The molecule has 1 aromatic rings. The van der Waals surface area contributed by atoms with Crippen LogP contribution in [0.3, 0.4) is 0 Å². The van der Waals surface area contributed by atoms with E-state index >= 15 is 0 Å². The number of amides is 3. The quantitative estimate of drug-likeness (QED) is 0.671. The zero-order valence-electron chi connectivity index (χ0n) is 8.83. The second kappa shape index (κ2) is 8.72. The molecule has 0 aromatic heterocycles. The number of hydrogen-bond acceptors (Lipinski definition) is 4. The maximum atomic E-state index is 10.2. The van der Waals surface area contributed by atoms with E-state index in [4.69, 9.17) is 15.6 Å². The first-order valence-corrected chi connectivity index (χ1v) is 4.45. The standard InChI is InChI=1S/C8H9NO2.C2H3NO3/c9-8(10)11-6-7-4-2-1-3-5-7;4-1-3-2(5)6/h1-5H,6H2,(H2,9,10);1H,(H,3,4)(H,5,6). The molecule has 0 saturated heterocycles. The molecule has 17 heavy (non-hydrogen) atoms. The first-order valence-electron chi connectivity index (χ1n) is 4.45. The van der Waals surface area contributed by atoms with Crippen LogP contribution in [0.1, 0.15) is 5.56 Å². The molecule has 4 N–H and O–H groups in total. The van der Waals surface area contributed by atoms with Gasteiger partial charge in [-0.3, -0.25) is 10.1 Å². The van der Waals surface area contributed by atoms with Crippen molar-refractivity contribution < 1.29 is 24.2 Å². The Hall–Kier alpha value is -2.57. The van der Waals surface area contributed by atoms with Crippen LogP contribution in [-0.4, -0.2) is 23.7 Å². The van der Waals surface area contributed by atoms with Crippen LogP contribution in [0.4, 0.5) is 9.59 Å². The summed E-state index contributed by atoms with van der Waals surface area (Å²) in [5.41, 5.74) is 5.72. The summed E-state index contributed by atoms with van der Waals surface area (Å²) in [6.07, 6.45) is -1.97. The van der Waals surface area contributed by atoms with E-state index in [1.54, 1.807) is 0 Å². The fourth-order valence-corrected chi connectivity index (χ4v) is 0.779. The van der Waals surface area contributed by atoms with Crippen LogP contribution in [-0.2, 0) is 16.1 Å². The fourth-order valence-electron chi connectivity index (χ4n) is 0.779. The van der Waals surface area contributed by atoms with E-state index in [9.17, 15) is 9.59 Å². The molecule has 1 aromatic carbocycles. The monoisotopic (exact) mass is 240 g/mol. The summed E-state index contributed by atoms with van der Waals surface area (Å²) in [4.78, 5) is 28.6. The predicted octanol–water partition coefficient (Wildman–Crippen LogP) is 0.692. The lowest BCUT2D eigenvalue weighted by Crippen LogP contribution is -2.17. The van der Waals surface area contributed by atoms with Gasteiger partial charge in [-0.2, -0.15) is 0 Å². The van der Waals surface area contributed by atoms with Gasteiger partial charge in [0.2, 0.25) is 6.41 Å². The van der Waals surface area contributed by atoms with Gasteiger partial charge in [-0.25, -0.2) is 9.59 Å². The zero-order chi connectivity index (χ0) is 13.1. The van der Waals surface area contributed by atoms with Crippen molar-refractivity contribution in [3.05, 3.63) is 35.9 Å². The molecular formula is C10H12N2O5. The second-order valence-electron chi connectivity index (χ2n) is 2.66. The van der Waals surface area contributed by atoms with Gasteiger partial charge >= 0.3 is 12.2 Å². The van der Waals surface area contributed by atoms with Crippen molar-refractivity contribution in [1.82, 2.24) is 5.32 Å². The van der Waals surface area contributed by atoms with Crippen molar-refractivity contribution in [3.63, 3.8) is 0 Å². The zero-order valence-corrected chi connectivity index (χ0v) is 8.83. The molecule has 0 aliphatic rings. The third-order valence-electron chi connectivity index (χ3n) is 1.41. The minimum absolute atomic E-state index is 0.0995. The van der Waals surface area contributed by atoms with Crippen molar-refractivity contribution >= 4 is 18.6 Å². The van der Waals surface area contributed by atoms with Gasteiger partial charge in [0, 0.05) is 0 Å². The molecule has 7 nitrogen and oxygen atoms in total. The number of nitrogens with two attached hydrogens (primary N) is 1. The normalized spacial score (nSPS) is 8.24. The van der Waals surface area contributed by atoms with Crippen molar-refractivity contribution in [2.45, 2.75) is 6.61 Å². The summed E-state index contributed by atoms with van der Waals surface area (Å²) in [5, 5.41) is 9.02. The number of hydrogen-bond donors (Lipinski definition) is 3. The van der Waals surface area contributed by atoms with Gasteiger partial charge in [0.05, 0.1) is 0 Å². The maximum absolute atomic E-state index is 10.2. The van der Waals surface area contributed by atoms with Gasteiger partial charge in [0.25, 0.3) is 0 Å². The van der Waals surface area contributed by atoms with Crippen molar-refractivity contribution in [2.24, 2.45) is 5.73 Å². The highest BCUT2D eigenvalue weighted by atomic mass is 16.5. The van der Waals surface area contributed by atoms with E-state index in [0.29, 0.717) is 0 Å². The number of carbonyl (C=O) groups excluding carboxylic acids is 2. The summed E-state index contributed by atoms with van der Waals surface area (Å²) in [7, 11) is 0. The molecule has 0 atom stereocenters. The Labute approximate surface area is 97.2 Å². The SMILES string of the molecule is NC(=O)OCc1ccccc1.O=CNC(=O)O. The number of nitrogens with one attached hydrogen (secondary N) is 1. The Bertz CT molecular complexity index is 366. The van der Waals surface area contributed by atoms with Gasteiger partial charge in [-0.1, -0.05) is 30.3 Å². The smallest absolute Gasteiger partial charge is 0.411 e. The van der Waals surface area contributed by atoms with Crippen LogP contribution in [0.2, 0.25) is 0 Å². The van der Waals surface area contributed by atoms with E-state index in [1.807, 2.05) is 30.3 Å². The molecule has 3 amide bonds. The molecular weight excluding hydrogens is 228 g/mol. The van der Waals surface area contributed by atoms with Crippen LogP contribution in [0.5, 0.6) is 0 Å². The fraction of sp³-hybridized carbons (Fsp3) is 0.100. The summed E-state index contributed by atoms with van der Waals surface area (Å²) in [6, 6.07) is 9.37. The van der Waals surface area contributed by atoms with Crippen molar-refractivity contribution in [2.75, 3.05) is 0 Å². The number of rotatable bonds is 3. The first kappa shape index (κ1) is 14.4. The highest BCUT2D eigenvalue weighted by Gasteiger charge is 1.93. The summed E-state index contributed by atoms with van der Waals surface area (Å²) in [6.45, 7) is 0.246. The molecule has 7 heteroatoms. The number of carboxylic acid groups (broad SMARTS) is 1. The van der Waals surface area contributed by atoms with Crippen LogP contribution in [0.15, 0.2) is 30.3 Å². The number of ether oxygens (including phenoxy) is 1. The highest BCUT2D eigenvalue weighted by molar-refractivity contribution is 5.77. The third kappa shape index (κ3) is 9.73. The molecule has 0 radical (unpaired) electrons. The second-order valence-corrected chi connectivity index (χ2v) is 2.66. The largest absolute Gasteiger partial charge is 0.465 e. The third-order valence-corrected chi connectivity index (χ3v) is 1.41. The minimum atomic E-state index is -1.33. The minimum Gasteiger partial charge on any atom is -0.465 e. The van der Waals surface area contributed by atoms with E-state index in [-0.39, 0.29) is 13.0 Å². The van der Waals surface area contributed by atoms with Crippen LogP contribution < -0.4 is 11.1 Å². The average molecular weight is 240 g/mol. The summed E-state index contributed by atoms with van der Waals surface area (Å²) >= 11 is 0. The lowest BCUT2D eigenvalue weighted by atomic mass is 10.2. The van der Waals surface area contributed by atoms with E-state index in [1.165, 1.54) is 5.32 Å². The molecule has 0 saturated carbocycles. The Morgan fingerprint density at radius 3 is 2.29 bits per heavy atom. The van der Waals surface area contributed by atoms with Crippen molar-refractivity contribution in [3.8, 4) is 0 Å². The molecule has 1 rings (SSSR count). The number of benzene rings is 1. The molecule has 0 aliphatic heterocycles. The number of imide groups is 1. The van der Waals surface area contributed by atoms with Crippen molar-refractivity contribution in [1.29, 1.82) is 0 Å². The molecule has 0 heterocycles. The Kier molecular flexibility index (Phi) is 7.40. The van der Waals surface area contributed by atoms with Gasteiger partial charge < -0.3 is 15.6 Å². The first-order chi connectivity index (χ1) is 8.06. The Morgan fingerprint density at radius 2 is 1.94 bits per heavy atom. The van der Waals surface area contributed by atoms with Crippen LogP contribution in [0, 0.1) is 0 Å². The molecule has 0 aliphatic carbocycles. The van der Waals surface area contributed by atoms with Gasteiger partial charge in [-0.15, -0.1) is 0 Å². The molecule has 92 valence electrons. The topological polar surface area (TPSA) is 119 Å². The predicted molar refractivity (Wildman–Crippen MR) is 58.0 cm³/mol. The highest BCUT2D eigenvalue weighted by Crippen LogP contribution is 1.99. The Balaban J connectivity index is 0.000000366. The van der Waals surface area contributed by atoms with E-state index in [2.05, 4.69) is 4.74 Å².